The van der Waals surface area contributed by atoms with Crippen molar-refractivity contribution in [3.05, 3.63) is 11.9 Å². The Balaban J connectivity index is 2.30. The lowest BCUT2D eigenvalue weighted by molar-refractivity contribution is 0.323. The number of hydrogen-bond donors (Lipinski definition) is 0. The van der Waals surface area contributed by atoms with Gasteiger partial charge in [0, 0.05) is 18.5 Å². The van der Waals surface area contributed by atoms with Crippen molar-refractivity contribution in [3.8, 4) is 5.88 Å². The summed E-state index contributed by atoms with van der Waals surface area (Å²) in [5.41, 5.74) is 1.00. The van der Waals surface area contributed by atoms with Crippen LogP contribution in [0.2, 0.25) is 0 Å². The highest BCUT2D eigenvalue weighted by molar-refractivity contribution is 6.18. The van der Waals surface area contributed by atoms with Gasteiger partial charge in [0.2, 0.25) is 5.88 Å². The summed E-state index contributed by atoms with van der Waals surface area (Å²) in [6.45, 7) is 7.83. The van der Waals surface area contributed by atoms with Crippen LogP contribution in [0.15, 0.2) is 6.33 Å². The summed E-state index contributed by atoms with van der Waals surface area (Å²) in [7, 11) is 0. The van der Waals surface area contributed by atoms with E-state index in [0.717, 1.165) is 24.3 Å². The van der Waals surface area contributed by atoms with Gasteiger partial charge in [-0.15, -0.1) is 11.6 Å². The lowest BCUT2D eigenvalue weighted by Crippen LogP contribution is -2.34. The molecule has 2 unspecified atom stereocenters. The van der Waals surface area contributed by atoms with Crippen LogP contribution in [0.3, 0.4) is 0 Å². The van der Waals surface area contributed by atoms with Gasteiger partial charge in [-0.05, 0) is 26.2 Å². The first-order chi connectivity index (χ1) is 8.69. The zero-order valence-electron chi connectivity index (χ0n) is 11.2. The molecule has 2 atom stereocenters. The van der Waals surface area contributed by atoms with Crippen LogP contribution in [0.5, 0.6) is 5.88 Å². The summed E-state index contributed by atoms with van der Waals surface area (Å²) in [4.78, 5) is 10.9. The molecule has 0 spiro atoms. The highest BCUT2D eigenvalue weighted by Gasteiger charge is 2.32. The number of alkyl halides is 1. The highest BCUT2D eigenvalue weighted by Crippen LogP contribution is 2.33. The Labute approximate surface area is 113 Å². The summed E-state index contributed by atoms with van der Waals surface area (Å²) in [5, 5.41) is 0. The molecule has 0 radical (unpaired) electrons. The van der Waals surface area contributed by atoms with Gasteiger partial charge in [-0.2, -0.15) is 0 Å². The highest BCUT2D eigenvalue weighted by atomic mass is 35.5. The average molecular weight is 270 g/mol. The van der Waals surface area contributed by atoms with Crippen LogP contribution in [-0.4, -0.2) is 35.0 Å². The fraction of sp³-hybridized carbons (Fsp3) is 0.692. The van der Waals surface area contributed by atoms with Gasteiger partial charge in [0.15, 0.2) is 0 Å². The van der Waals surface area contributed by atoms with E-state index >= 15 is 0 Å². The Morgan fingerprint density at radius 2 is 2.28 bits per heavy atom. The number of aromatic nitrogens is 2. The summed E-state index contributed by atoms with van der Waals surface area (Å²) in [5.74, 6) is 2.88. The van der Waals surface area contributed by atoms with E-state index in [2.05, 4.69) is 21.8 Å². The fourth-order valence-corrected chi connectivity index (χ4v) is 2.97. The van der Waals surface area contributed by atoms with Crippen LogP contribution >= 0.6 is 11.6 Å². The van der Waals surface area contributed by atoms with Crippen molar-refractivity contribution >= 4 is 17.4 Å². The molecule has 0 bridgehead atoms. The molecule has 5 heteroatoms. The number of halogens is 1. The Hall–Kier alpha value is -1.03. The summed E-state index contributed by atoms with van der Waals surface area (Å²) >= 11 is 6.08. The van der Waals surface area contributed by atoms with Crippen LogP contribution in [0, 0.1) is 12.8 Å². The Morgan fingerprint density at radius 3 is 2.94 bits per heavy atom. The molecule has 100 valence electrons. The first-order valence-electron chi connectivity index (χ1n) is 6.46. The maximum atomic E-state index is 6.08. The molecule has 0 saturated carbocycles. The summed E-state index contributed by atoms with van der Waals surface area (Å²) in [6, 6.07) is 0.356. The van der Waals surface area contributed by atoms with Gasteiger partial charge in [-0.1, -0.05) is 6.92 Å². The van der Waals surface area contributed by atoms with Crippen molar-refractivity contribution in [1.29, 1.82) is 0 Å². The minimum atomic E-state index is 0.356. The van der Waals surface area contributed by atoms with Crippen LogP contribution in [0.4, 0.5) is 5.82 Å². The van der Waals surface area contributed by atoms with Crippen molar-refractivity contribution in [1.82, 2.24) is 9.97 Å². The largest absolute Gasteiger partial charge is 0.478 e. The molecule has 1 aliphatic heterocycles. The number of rotatable bonds is 4. The lowest BCUT2D eigenvalue weighted by Gasteiger charge is -2.27. The van der Waals surface area contributed by atoms with Crippen LogP contribution in [0.25, 0.3) is 0 Å². The topological polar surface area (TPSA) is 38.3 Å². The van der Waals surface area contributed by atoms with Gasteiger partial charge in [-0.25, -0.2) is 9.97 Å². The van der Waals surface area contributed by atoms with Crippen LogP contribution < -0.4 is 9.64 Å². The Morgan fingerprint density at radius 1 is 1.50 bits per heavy atom. The van der Waals surface area contributed by atoms with Crippen molar-refractivity contribution < 1.29 is 4.74 Å². The van der Waals surface area contributed by atoms with E-state index in [0.29, 0.717) is 30.3 Å². The normalized spacial score (nSPS) is 23.4. The second-order valence-electron chi connectivity index (χ2n) is 4.74. The van der Waals surface area contributed by atoms with Crippen molar-refractivity contribution in [2.45, 2.75) is 33.2 Å². The predicted octanol–water partition coefficient (Wildman–Crippen LogP) is 2.64. The molecular weight excluding hydrogens is 250 g/mol. The van der Waals surface area contributed by atoms with E-state index < -0.39 is 0 Å². The molecule has 0 amide bonds. The van der Waals surface area contributed by atoms with Gasteiger partial charge >= 0.3 is 0 Å². The number of anilines is 1. The number of hydrogen-bond acceptors (Lipinski definition) is 4. The predicted molar refractivity (Wildman–Crippen MR) is 73.6 cm³/mol. The molecule has 0 aromatic carbocycles. The first-order valence-corrected chi connectivity index (χ1v) is 6.99. The van der Waals surface area contributed by atoms with E-state index in [1.165, 1.54) is 0 Å². The molecule has 1 saturated heterocycles. The molecule has 4 nitrogen and oxygen atoms in total. The SMILES string of the molecule is CCOc1ncnc(N2CCC(C)C2CCl)c1C. The smallest absolute Gasteiger partial charge is 0.221 e. The van der Waals surface area contributed by atoms with E-state index in [1.54, 1.807) is 6.33 Å². The molecule has 18 heavy (non-hydrogen) atoms. The molecule has 1 aromatic rings. The molecule has 0 N–H and O–H groups in total. The molecule has 2 rings (SSSR count). The molecule has 1 aromatic heterocycles. The van der Waals surface area contributed by atoms with Gasteiger partial charge in [0.25, 0.3) is 0 Å². The minimum absolute atomic E-state index is 0.356. The molecule has 1 fully saturated rings. The number of ether oxygens (including phenoxy) is 1. The third kappa shape index (κ3) is 2.39. The Kier molecular flexibility index (Phi) is 4.27. The van der Waals surface area contributed by atoms with Gasteiger partial charge in [0.1, 0.15) is 12.1 Å². The lowest BCUT2D eigenvalue weighted by atomic mass is 10.1. The monoisotopic (exact) mass is 269 g/mol. The third-order valence-corrected chi connectivity index (χ3v) is 3.92. The van der Waals surface area contributed by atoms with Gasteiger partial charge in [0.05, 0.1) is 12.2 Å². The average Bonchev–Trinajstić information content (AvgIpc) is 2.73. The van der Waals surface area contributed by atoms with Crippen LogP contribution in [0.1, 0.15) is 25.8 Å². The van der Waals surface area contributed by atoms with E-state index in [-0.39, 0.29) is 0 Å². The number of nitrogens with zero attached hydrogens (tertiary/aromatic N) is 3. The standard InChI is InChI=1S/C13H20ClN3O/c1-4-18-13-10(3)12(15-8-16-13)17-6-5-9(2)11(17)7-14/h8-9,11H,4-7H2,1-3H3. The fourth-order valence-electron chi connectivity index (χ4n) is 2.50. The van der Waals surface area contributed by atoms with Crippen molar-refractivity contribution in [3.63, 3.8) is 0 Å². The molecular formula is C13H20ClN3O. The van der Waals surface area contributed by atoms with Gasteiger partial charge in [-0.3, -0.25) is 0 Å². The second-order valence-corrected chi connectivity index (χ2v) is 5.05. The molecule has 0 aliphatic carbocycles. The molecule has 2 heterocycles. The first kappa shape index (κ1) is 13.4. The van der Waals surface area contributed by atoms with Crippen LogP contribution in [-0.2, 0) is 0 Å². The van der Waals surface area contributed by atoms with E-state index in [4.69, 9.17) is 16.3 Å². The quantitative estimate of drug-likeness (QED) is 0.788. The zero-order chi connectivity index (χ0) is 13.1. The third-order valence-electron chi connectivity index (χ3n) is 3.60. The summed E-state index contributed by atoms with van der Waals surface area (Å²) < 4.78 is 5.52. The zero-order valence-corrected chi connectivity index (χ0v) is 11.9. The van der Waals surface area contributed by atoms with Crippen molar-refractivity contribution in [2.75, 3.05) is 23.9 Å². The maximum absolute atomic E-state index is 6.08. The van der Waals surface area contributed by atoms with E-state index in [1.807, 2.05) is 13.8 Å². The van der Waals surface area contributed by atoms with Crippen molar-refractivity contribution in [2.24, 2.45) is 5.92 Å². The van der Waals surface area contributed by atoms with E-state index in [9.17, 15) is 0 Å². The maximum Gasteiger partial charge on any atom is 0.221 e. The summed E-state index contributed by atoms with van der Waals surface area (Å²) in [6.07, 6.45) is 2.73. The Bertz CT molecular complexity index is 413. The van der Waals surface area contributed by atoms with Gasteiger partial charge < -0.3 is 9.64 Å². The minimum Gasteiger partial charge on any atom is -0.478 e. The molecule has 1 aliphatic rings. The second kappa shape index (κ2) is 5.74.